The molecule has 1 fully saturated rings. The molecule has 0 radical (unpaired) electrons. The number of hydrogen-bond donors (Lipinski definition) is 1. The van der Waals surface area contributed by atoms with E-state index in [4.69, 9.17) is 4.74 Å². The van der Waals surface area contributed by atoms with Crippen LogP contribution in [0.15, 0.2) is 48.8 Å². The monoisotopic (exact) mass is 353 g/mol. The van der Waals surface area contributed by atoms with Crippen molar-refractivity contribution < 1.29 is 14.3 Å². The van der Waals surface area contributed by atoms with E-state index in [1.165, 1.54) is 0 Å². The average Bonchev–Trinajstić information content (AvgIpc) is 2.69. The Bertz CT molecular complexity index is 741. The quantitative estimate of drug-likeness (QED) is 0.891. The fourth-order valence-corrected chi connectivity index (χ4v) is 2.94. The number of amides is 2. The number of carbonyl (C=O) groups excluding carboxylic acids is 2. The summed E-state index contributed by atoms with van der Waals surface area (Å²) in [6, 6.07) is 10.7. The molecule has 1 atom stereocenters. The van der Waals surface area contributed by atoms with Crippen LogP contribution in [0, 0.1) is 0 Å². The Balaban J connectivity index is 1.57. The first kappa shape index (κ1) is 18.1. The van der Waals surface area contributed by atoms with Gasteiger partial charge in [-0.05, 0) is 49.2 Å². The highest BCUT2D eigenvalue weighted by Gasteiger charge is 2.19. The Morgan fingerprint density at radius 3 is 2.50 bits per heavy atom. The van der Waals surface area contributed by atoms with Crippen molar-refractivity contribution in [3.05, 3.63) is 65.5 Å². The predicted octanol–water partition coefficient (Wildman–Crippen LogP) is 1.91. The van der Waals surface area contributed by atoms with Crippen LogP contribution < -0.4 is 5.32 Å². The van der Waals surface area contributed by atoms with E-state index in [9.17, 15) is 9.59 Å². The Morgan fingerprint density at radius 2 is 1.85 bits per heavy atom. The van der Waals surface area contributed by atoms with E-state index >= 15 is 0 Å². The van der Waals surface area contributed by atoms with Gasteiger partial charge in [0, 0.05) is 42.7 Å². The summed E-state index contributed by atoms with van der Waals surface area (Å²) in [4.78, 5) is 30.7. The normalized spacial score (nSPS) is 15.3. The van der Waals surface area contributed by atoms with Gasteiger partial charge in [-0.2, -0.15) is 0 Å². The summed E-state index contributed by atoms with van der Waals surface area (Å²) in [5.41, 5.74) is 2.21. The summed E-state index contributed by atoms with van der Waals surface area (Å²) in [5, 5.41) is 2.98. The molecule has 3 rings (SSSR count). The molecule has 136 valence electrons. The molecular weight excluding hydrogens is 330 g/mol. The van der Waals surface area contributed by atoms with Crippen LogP contribution in [0.25, 0.3) is 0 Å². The molecule has 0 bridgehead atoms. The molecule has 1 aliphatic rings. The molecule has 1 aromatic heterocycles. The minimum atomic E-state index is -0.147. The second kappa shape index (κ2) is 8.58. The highest BCUT2D eigenvalue weighted by Crippen LogP contribution is 2.10. The number of aromatic nitrogens is 1. The lowest BCUT2D eigenvalue weighted by molar-refractivity contribution is 0.0303. The fraction of sp³-hybridized carbons (Fsp3) is 0.350. The third-order valence-corrected chi connectivity index (χ3v) is 4.33. The zero-order valence-corrected chi connectivity index (χ0v) is 14.9. The molecule has 1 unspecified atom stereocenters. The first-order chi connectivity index (χ1) is 12.6. The SMILES string of the molecule is CC(Cc1cccnc1)NC(=O)c1ccc(C(=O)N2CCOCC2)cc1. The molecule has 2 aromatic rings. The molecule has 2 heterocycles. The van der Waals surface area contributed by atoms with Gasteiger partial charge < -0.3 is 15.0 Å². The van der Waals surface area contributed by atoms with Crippen LogP contribution in [0.2, 0.25) is 0 Å². The second-order valence-electron chi connectivity index (χ2n) is 6.42. The topological polar surface area (TPSA) is 71.5 Å². The Hall–Kier alpha value is -2.73. The van der Waals surface area contributed by atoms with Gasteiger partial charge in [-0.3, -0.25) is 14.6 Å². The van der Waals surface area contributed by atoms with Crippen molar-refractivity contribution >= 4 is 11.8 Å². The van der Waals surface area contributed by atoms with Crippen LogP contribution in [-0.4, -0.2) is 54.0 Å². The van der Waals surface area contributed by atoms with Crippen molar-refractivity contribution in [3.63, 3.8) is 0 Å². The lowest BCUT2D eigenvalue weighted by atomic mass is 10.1. The van der Waals surface area contributed by atoms with Crippen molar-refractivity contribution in [2.75, 3.05) is 26.3 Å². The summed E-state index contributed by atoms with van der Waals surface area (Å²) >= 11 is 0. The van der Waals surface area contributed by atoms with Gasteiger partial charge in [0.1, 0.15) is 0 Å². The number of nitrogens with zero attached hydrogens (tertiary/aromatic N) is 2. The zero-order valence-electron chi connectivity index (χ0n) is 14.9. The molecule has 0 aliphatic carbocycles. The summed E-state index contributed by atoms with van der Waals surface area (Å²) < 4.78 is 5.27. The highest BCUT2D eigenvalue weighted by atomic mass is 16.5. The maximum Gasteiger partial charge on any atom is 0.254 e. The van der Waals surface area contributed by atoms with Crippen molar-refractivity contribution in [2.24, 2.45) is 0 Å². The molecule has 1 saturated heterocycles. The molecular formula is C20H23N3O3. The van der Waals surface area contributed by atoms with Crippen molar-refractivity contribution in [3.8, 4) is 0 Å². The number of nitrogens with one attached hydrogen (secondary N) is 1. The van der Waals surface area contributed by atoms with Gasteiger partial charge in [-0.1, -0.05) is 6.07 Å². The first-order valence-corrected chi connectivity index (χ1v) is 8.80. The standard InChI is InChI=1S/C20H23N3O3/c1-15(13-16-3-2-8-21-14-16)22-19(24)17-4-6-18(7-5-17)20(25)23-9-11-26-12-10-23/h2-8,14-15H,9-13H2,1H3,(H,22,24). The molecule has 1 N–H and O–H groups in total. The van der Waals surface area contributed by atoms with Crippen LogP contribution in [0.3, 0.4) is 0 Å². The number of ether oxygens (including phenoxy) is 1. The Kier molecular flexibility index (Phi) is 5.96. The van der Waals surface area contributed by atoms with Gasteiger partial charge in [0.25, 0.3) is 11.8 Å². The van der Waals surface area contributed by atoms with Gasteiger partial charge in [-0.15, -0.1) is 0 Å². The van der Waals surface area contributed by atoms with E-state index in [2.05, 4.69) is 10.3 Å². The first-order valence-electron chi connectivity index (χ1n) is 8.80. The van der Waals surface area contributed by atoms with Gasteiger partial charge in [0.15, 0.2) is 0 Å². The van der Waals surface area contributed by atoms with Crippen LogP contribution >= 0.6 is 0 Å². The summed E-state index contributed by atoms with van der Waals surface area (Å²) in [7, 11) is 0. The van der Waals surface area contributed by atoms with Gasteiger partial charge in [0.2, 0.25) is 0 Å². The van der Waals surface area contributed by atoms with Gasteiger partial charge in [0.05, 0.1) is 13.2 Å². The minimum absolute atomic E-state index is 0.0126. The van der Waals surface area contributed by atoms with Crippen LogP contribution in [0.5, 0.6) is 0 Å². The molecule has 1 aromatic carbocycles. The van der Waals surface area contributed by atoms with E-state index in [0.29, 0.717) is 43.9 Å². The number of pyridine rings is 1. The van der Waals surface area contributed by atoms with E-state index < -0.39 is 0 Å². The van der Waals surface area contributed by atoms with E-state index in [1.807, 2.05) is 19.1 Å². The van der Waals surface area contributed by atoms with Crippen LogP contribution in [0.1, 0.15) is 33.2 Å². The maximum absolute atomic E-state index is 12.4. The lowest BCUT2D eigenvalue weighted by Crippen LogP contribution is -2.40. The smallest absolute Gasteiger partial charge is 0.254 e. The van der Waals surface area contributed by atoms with Crippen LogP contribution in [-0.2, 0) is 11.2 Å². The fourth-order valence-electron chi connectivity index (χ4n) is 2.94. The van der Waals surface area contributed by atoms with Gasteiger partial charge in [-0.25, -0.2) is 0 Å². The van der Waals surface area contributed by atoms with Gasteiger partial charge >= 0.3 is 0 Å². The molecule has 26 heavy (non-hydrogen) atoms. The molecule has 2 amide bonds. The summed E-state index contributed by atoms with van der Waals surface area (Å²) in [5.74, 6) is -0.169. The second-order valence-corrected chi connectivity index (χ2v) is 6.42. The summed E-state index contributed by atoms with van der Waals surface area (Å²) in [6.07, 6.45) is 4.24. The van der Waals surface area contributed by atoms with Crippen LogP contribution in [0.4, 0.5) is 0 Å². The van der Waals surface area contributed by atoms with E-state index in [1.54, 1.807) is 41.6 Å². The third kappa shape index (κ3) is 4.67. The molecule has 0 saturated carbocycles. The molecule has 0 spiro atoms. The Morgan fingerprint density at radius 1 is 1.15 bits per heavy atom. The predicted molar refractivity (Wildman–Crippen MR) is 98.0 cm³/mol. The number of morpholine rings is 1. The van der Waals surface area contributed by atoms with E-state index in [-0.39, 0.29) is 17.9 Å². The largest absolute Gasteiger partial charge is 0.378 e. The number of carbonyl (C=O) groups is 2. The van der Waals surface area contributed by atoms with Crippen molar-refractivity contribution in [2.45, 2.75) is 19.4 Å². The minimum Gasteiger partial charge on any atom is -0.378 e. The zero-order chi connectivity index (χ0) is 18.4. The maximum atomic E-state index is 12.4. The molecule has 6 heteroatoms. The van der Waals surface area contributed by atoms with E-state index in [0.717, 1.165) is 5.56 Å². The number of hydrogen-bond acceptors (Lipinski definition) is 4. The van der Waals surface area contributed by atoms with Crippen molar-refractivity contribution in [1.29, 1.82) is 0 Å². The summed E-state index contributed by atoms with van der Waals surface area (Å²) in [6.45, 7) is 4.31. The molecule has 6 nitrogen and oxygen atoms in total. The average molecular weight is 353 g/mol. The lowest BCUT2D eigenvalue weighted by Gasteiger charge is -2.26. The molecule has 1 aliphatic heterocycles. The van der Waals surface area contributed by atoms with Crippen molar-refractivity contribution in [1.82, 2.24) is 15.2 Å². The number of benzene rings is 1. The Labute approximate surface area is 153 Å². The highest BCUT2D eigenvalue weighted by molar-refractivity contribution is 5.98. The number of rotatable bonds is 5. The third-order valence-electron chi connectivity index (χ3n) is 4.33.